The van der Waals surface area contributed by atoms with Crippen molar-refractivity contribution in [3.63, 3.8) is 0 Å². The Morgan fingerprint density at radius 1 is 1.00 bits per heavy atom. The Morgan fingerprint density at radius 3 is 2.19 bits per heavy atom. The largest absolute Gasteiger partial charge is 0.756 e. The van der Waals surface area contributed by atoms with E-state index in [1.807, 2.05) is 4.98 Å². The van der Waals surface area contributed by atoms with E-state index in [-0.39, 0.29) is 9.99 Å². The smallest absolute Gasteiger partial charge is 0.330 e. The van der Waals surface area contributed by atoms with Gasteiger partial charge in [0, 0.05) is 12.6 Å². The molecule has 0 bridgehead atoms. The normalized spacial score (nSPS) is 36.3. The first-order valence-corrected chi connectivity index (χ1v) is 13.9. The maximum absolute atomic E-state index is 12.0. The summed E-state index contributed by atoms with van der Waals surface area (Å²) in [4.78, 5) is 49.3. The second kappa shape index (κ2) is 11.6. The molecule has 206 valence electrons. The third-order valence-electron chi connectivity index (χ3n) is 5.12. The molecule has 2 aliphatic rings. The molecular formula is C15H21IN2O16P2-2. The number of phosphoric acid groups is 2. The van der Waals surface area contributed by atoms with Gasteiger partial charge in [0.15, 0.2) is 6.29 Å². The quantitative estimate of drug-likeness (QED) is 0.106. The average Bonchev–Trinajstić information content (AvgIpc) is 3.14. The zero-order valence-electron chi connectivity index (χ0n) is 17.8. The number of halogens is 1. The summed E-state index contributed by atoms with van der Waals surface area (Å²) < 4.78 is 47.7. The molecule has 3 unspecified atom stereocenters. The number of ether oxygens (including phenoxy) is 2. The van der Waals surface area contributed by atoms with Crippen molar-refractivity contribution < 1.29 is 67.3 Å². The van der Waals surface area contributed by atoms with Crippen LogP contribution in [0.1, 0.15) is 12.6 Å². The Labute approximate surface area is 214 Å². The van der Waals surface area contributed by atoms with E-state index in [9.17, 15) is 54.0 Å². The fourth-order valence-electron chi connectivity index (χ4n) is 3.28. The van der Waals surface area contributed by atoms with Crippen LogP contribution in [0.15, 0.2) is 15.8 Å². The maximum atomic E-state index is 12.0. The number of phosphoric ester groups is 2. The highest BCUT2D eigenvalue weighted by molar-refractivity contribution is 14.1. The van der Waals surface area contributed by atoms with E-state index in [4.69, 9.17) is 9.47 Å². The lowest BCUT2D eigenvalue weighted by molar-refractivity contribution is -0.290. The highest BCUT2D eigenvalue weighted by Crippen LogP contribution is 2.56. The summed E-state index contributed by atoms with van der Waals surface area (Å²) >= 11 is 1.66. The molecular weight excluding hydrogens is 653 g/mol. The maximum Gasteiger partial charge on any atom is 0.330 e. The number of nitrogens with zero attached hydrogens (tertiary/aromatic N) is 1. The van der Waals surface area contributed by atoms with Gasteiger partial charge in [0.25, 0.3) is 21.2 Å². The lowest BCUT2D eigenvalue weighted by Gasteiger charge is -2.39. The van der Waals surface area contributed by atoms with Crippen LogP contribution in [-0.4, -0.2) is 91.2 Å². The van der Waals surface area contributed by atoms with E-state index in [0.29, 0.717) is 0 Å². The van der Waals surface area contributed by atoms with Gasteiger partial charge in [-0.25, -0.2) is 9.11 Å². The molecule has 3 heterocycles. The fourth-order valence-corrected chi connectivity index (χ4v) is 5.73. The van der Waals surface area contributed by atoms with Crippen LogP contribution in [0.3, 0.4) is 0 Å². The molecule has 0 aromatic carbocycles. The number of nitrogens with one attached hydrogen (secondary N) is 1. The van der Waals surface area contributed by atoms with Crippen LogP contribution in [-0.2, 0) is 32.0 Å². The summed E-state index contributed by atoms with van der Waals surface area (Å²) in [5, 5.41) is 48.2. The molecule has 18 nitrogen and oxygen atoms in total. The number of hydrogen-bond donors (Lipinski definition) is 6. The highest BCUT2D eigenvalue weighted by atomic mass is 127. The first kappa shape index (κ1) is 29.9. The van der Waals surface area contributed by atoms with Crippen LogP contribution >= 0.6 is 38.2 Å². The molecule has 0 saturated carbocycles. The third kappa shape index (κ3) is 7.28. The molecule has 1 aromatic heterocycles. The zero-order valence-corrected chi connectivity index (χ0v) is 21.7. The van der Waals surface area contributed by atoms with Gasteiger partial charge in [-0.3, -0.25) is 23.5 Å². The highest BCUT2D eigenvalue weighted by Gasteiger charge is 2.43. The van der Waals surface area contributed by atoms with Gasteiger partial charge in [0.1, 0.15) is 36.7 Å². The Balaban J connectivity index is 1.54. The molecule has 10 atom stereocenters. The molecule has 0 amide bonds. The second-order valence-corrected chi connectivity index (χ2v) is 11.8. The van der Waals surface area contributed by atoms with Crippen molar-refractivity contribution in [1.82, 2.24) is 9.55 Å². The van der Waals surface area contributed by atoms with Crippen LogP contribution in [0.25, 0.3) is 0 Å². The second-order valence-electron chi connectivity index (χ2n) is 7.68. The molecule has 3 rings (SSSR count). The molecule has 0 radical (unpaired) electrons. The van der Waals surface area contributed by atoms with E-state index in [2.05, 4.69) is 13.4 Å². The zero-order chi connectivity index (χ0) is 27.0. The van der Waals surface area contributed by atoms with Crippen molar-refractivity contribution >= 4 is 38.2 Å². The standard InChI is InChI=1S/C15H23IN2O16P2/c16-5-2-18(15(25)17-13(5)23)9-1-6(19)7(32-9)3-30-35(26,27)34-36(28,29)31-4-8-10(20)11(21)12(22)14(24)33-8/h2,6-12,14,19-22,24H,1,3-4H2,(H,26,27)(H,28,29)(H,17,23,25)/p-2/t6-,7+,8-,9+,10-,11+,12+,14?/m0/s1. The number of rotatable bonds is 9. The van der Waals surface area contributed by atoms with Gasteiger partial charge in [0.05, 0.1) is 22.9 Å². The predicted octanol–water partition coefficient (Wildman–Crippen LogP) is -4.42. The topological polar surface area (TPSA) is 282 Å². The first-order valence-electron chi connectivity index (χ1n) is 9.95. The summed E-state index contributed by atoms with van der Waals surface area (Å²) in [5.41, 5.74) is -1.48. The molecule has 36 heavy (non-hydrogen) atoms. The van der Waals surface area contributed by atoms with Gasteiger partial charge in [0.2, 0.25) is 0 Å². The van der Waals surface area contributed by atoms with E-state index in [1.165, 1.54) is 6.20 Å². The Bertz CT molecular complexity index is 1150. The molecule has 6 N–H and O–H groups in total. The number of H-pyrrole nitrogens is 1. The summed E-state index contributed by atoms with van der Waals surface area (Å²) in [6.07, 6.45) is -12.2. The van der Waals surface area contributed by atoms with Crippen LogP contribution < -0.4 is 21.0 Å². The summed E-state index contributed by atoms with van der Waals surface area (Å²) in [6.45, 7) is -2.03. The molecule has 0 spiro atoms. The SMILES string of the molecule is O=c1[nH]c(=O)n([C@H]2C[C@H](O)[C@@H](COP(=O)([O-])OP(=O)([O-])OC[C@@H]3OC(O)[C@H](O)[C@H](O)[C@H]3O)O2)cc1I. The van der Waals surface area contributed by atoms with Crippen LogP contribution in [0, 0.1) is 3.57 Å². The van der Waals surface area contributed by atoms with E-state index < -0.39 is 89.2 Å². The van der Waals surface area contributed by atoms with Crippen LogP contribution in [0.4, 0.5) is 0 Å². The molecule has 2 fully saturated rings. The molecule has 1 aromatic rings. The third-order valence-corrected chi connectivity index (χ3v) is 8.42. The summed E-state index contributed by atoms with van der Waals surface area (Å²) in [7, 11) is -11.3. The first-order chi connectivity index (χ1) is 16.6. The molecule has 21 heteroatoms. The Kier molecular flexibility index (Phi) is 9.68. The van der Waals surface area contributed by atoms with Crippen molar-refractivity contribution in [2.45, 2.75) is 55.6 Å². The van der Waals surface area contributed by atoms with E-state index in [0.717, 1.165) is 4.57 Å². The lowest BCUT2D eigenvalue weighted by atomic mass is 10.00. The monoisotopic (exact) mass is 674 g/mol. The number of aliphatic hydroxyl groups excluding tert-OH is 5. The predicted molar refractivity (Wildman–Crippen MR) is 116 cm³/mol. The van der Waals surface area contributed by atoms with Gasteiger partial charge in [-0.05, 0) is 22.6 Å². The van der Waals surface area contributed by atoms with Gasteiger partial charge in [-0.1, -0.05) is 0 Å². The van der Waals surface area contributed by atoms with Gasteiger partial charge in [-0.2, -0.15) is 0 Å². The Hall–Kier alpha value is -0.610. The minimum Gasteiger partial charge on any atom is -0.756 e. The summed E-state index contributed by atoms with van der Waals surface area (Å²) in [5.74, 6) is 0. The van der Waals surface area contributed by atoms with E-state index >= 15 is 0 Å². The minimum absolute atomic E-state index is 0.139. The molecule has 2 aliphatic heterocycles. The lowest BCUT2D eigenvalue weighted by Crippen LogP contribution is -2.58. The van der Waals surface area contributed by atoms with E-state index in [1.54, 1.807) is 22.6 Å². The average molecular weight is 674 g/mol. The van der Waals surface area contributed by atoms with Crippen molar-refractivity contribution in [3.8, 4) is 0 Å². The van der Waals surface area contributed by atoms with Gasteiger partial charge >= 0.3 is 5.69 Å². The molecule has 0 aliphatic carbocycles. The van der Waals surface area contributed by atoms with Crippen molar-refractivity contribution in [2.24, 2.45) is 0 Å². The van der Waals surface area contributed by atoms with Crippen LogP contribution in [0.5, 0.6) is 0 Å². The van der Waals surface area contributed by atoms with Gasteiger partial charge in [-0.15, -0.1) is 0 Å². The number of aromatic amines is 1. The summed E-state index contributed by atoms with van der Waals surface area (Å²) in [6, 6.07) is 0. The number of hydrogen-bond acceptors (Lipinski definition) is 16. The fraction of sp³-hybridized carbons (Fsp3) is 0.733. The molecule has 2 saturated heterocycles. The van der Waals surface area contributed by atoms with Crippen molar-refractivity contribution in [3.05, 3.63) is 30.6 Å². The van der Waals surface area contributed by atoms with Crippen LogP contribution in [0.2, 0.25) is 0 Å². The van der Waals surface area contributed by atoms with Crippen molar-refractivity contribution in [1.29, 1.82) is 0 Å². The van der Waals surface area contributed by atoms with Crippen molar-refractivity contribution in [2.75, 3.05) is 13.2 Å². The minimum atomic E-state index is -5.67. The Morgan fingerprint density at radius 2 is 1.58 bits per heavy atom. The number of aliphatic hydroxyl groups is 5. The number of aromatic nitrogens is 2. The van der Waals surface area contributed by atoms with Gasteiger partial charge < -0.3 is 53.8 Å².